The van der Waals surface area contributed by atoms with Gasteiger partial charge in [-0.15, -0.1) is 0 Å². The van der Waals surface area contributed by atoms with Gasteiger partial charge >= 0.3 is 13.1 Å². The highest BCUT2D eigenvalue weighted by Crippen LogP contribution is 2.33. The summed E-state index contributed by atoms with van der Waals surface area (Å²) in [6, 6.07) is 0. The van der Waals surface area contributed by atoms with E-state index in [9.17, 15) is 14.8 Å². The summed E-state index contributed by atoms with van der Waals surface area (Å²) in [6.45, 7) is 2.13. The Balaban J connectivity index is 2.69. The summed E-state index contributed by atoms with van der Waals surface area (Å²) in [5.74, 6) is -0.999. The first kappa shape index (κ1) is 15.5. The molecule has 0 aromatic rings. The summed E-state index contributed by atoms with van der Waals surface area (Å²) in [4.78, 5) is 11.9. The van der Waals surface area contributed by atoms with Crippen molar-refractivity contribution in [3.63, 3.8) is 0 Å². The highest BCUT2D eigenvalue weighted by Gasteiger charge is 2.36. The van der Waals surface area contributed by atoms with E-state index >= 15 is 0 Å². The predicted molar refractivity (Wildman–Crippen MR) is 71.0 cm³/mol. The molecule has 0 saturated heterocycles. The zero-order valence-corrected chi connectivity index (χ0v) is 11.3. The van der Waals surface area contributed by atoms with Crippen LogP contribution in [0.15, 0.2) is 0 Å². The maximum Gasteiger partial charge on any atom is 0.455 e. The van der Waals surface area contributed by atoms with Gasteiger partial charge in [-0.2, -0.15) is 0 Å². The SMILES string of the molecule is CCOC(=O)C1CCCCCCCCC1B(O)O. The third kappa shape index (κ3) is 4.98. The smallest absolute Gasteiger partial charge is 0.455 e. The molecule has 2 N–H and O–H groups in total. The van der Waals surface area contributed by atoms with E-state index in [4.69, 9.17) is 4.74 Å². The van der Waals surface area contributed by atoms with Gasteiger partial charge in [0.05, 0.1) is 12.5 Å². The Morgan fingerprint density at radius 2 is 1.67 bits per heavy atom. The average molecular weight is 256 g/mol. The zero-order valence-electron chi connectivity index (χ0n) is 11.3. The number of esters is 1. The van der Waals surface area contributed by atoms with E-state index in [2.05, 4.69) is 0 Å². The fraction of sp³-hybridized carbons (Fsp3) is 0.923. The Bertz CT molecular complexity index is 245. The minimum absolute atomic E-state index is 0.267. The van der Waals surface area contributed by atoms with Gasteiger partial charge in [-0.1, -0.05) is 44.9 Å². The van der Waals surface area contributed by atoms with Gasteiger partial charge in [0.1, 0.15) is 0 Å². The lowest BCUT2D eigenvalue weighted by Crippen LogP contribution is -2.33. The molecule has 2 atom stereocenters. The molecule has 1 aliphatic rings. The van der Waals surface area contributed by atoms with E-state index in [0.29, 0.717) is 19.4 Å². The van der Waals surface area contributed by atoms with E-state index in [1.165, 1.54) is 12.8 Å². The number of hydrogen-bond acceptors (Lipinski definition) is 4. The highest BCUT2D eigenvalue weighted by molar-refractivity contribution is 6.43. The normalized spacial score (nSPS) is 26.4. The largest absolute Gasteiger partial charge is 0.466 e. The Labute approximate surface area is 110 Å². The third-order valence-electron chi connectivity index (χ3n) is 3.79. The van der Waals surface area contributed by atoms with Crippen LogP contribution in [0.3, 0.4) is 0 Å². The van der Waals surface area contributed by atoms with Crippen molar-refractivity contribution in [1.29, 1.82) is 0 Å². The van der Waals surface area contributed by atoms with Crippen LogP contribution < -0.4 is 0 Å². The monoisotopic (exact) mass is 256 g/mol. The Kier molecular flexibility index (Phi) is 7.36. The van der Waals surface area contributed by atoms with Gasteiger partial charge in [0.25, 0.3) is 0 Å². The van der Waals surface area contributed by atoms with Crippen molar-refractivity contribution in [2.75, 3.05) is 6.61 Å². The molecule has 1 fully saturated rings. The van der Waals surface area contributed by atoms with Crippen LogP contribution in [0.4, 0.5) is 0 Å². The molecule has 4 nitrogen and oxygen atoms in total. The van der Waals surface area contributed by atoms with Crippen LogP contribution >= 0.6 is 0 Å². The van der Waals surface area contributed by atoms with Crippen molar-refractivity contribution in [2.24, 2.45) is 5.92 Å². The molecule has 5 heteroatoms. The summed E-state index contributed by atoms with van der Waals surface area (Å²) >= 11 is 0. The van der Waals surface area contributed by atoms with Gasteiger partial charge in [-0.3, -0.25) is 4.79 Å². The molecule has 0 aromatic heterocycles. The van der Waals surface area contributed by atoms with E-state index in [-0.39, 0.29) is 17.7 Å². The van der Waals surface area contributed by atoms with Crippen LogP contribution in [0.2, 0.25) is 5.82 Å². The fourth-order valence-corrected chi connectivity index (χ4v) is 2.77. The summed E-state index contributed by atoms with van der Waals surface area (Å²) in [5, 5.41) is 19.0. The Morgan fingerprint density at radius 3 is 2.22 bits per heavy atom. The second kappa shape index (κ2) is 8.54. The lowest BCUT2D eigenvalue weighted by atomic mass is 9.62. The molecular weight excluding hydrogens is 231 g/mol. The van der Waals surface area contributed by atoms with E-state index in [1.807, 2.05) is 0 Å². The first-order valence-corrected chi connectivity index (χ1v) is 7.19. The molecular formula is C13H25BO4. The van der Waals surface area contributed by atoms with Crippen molar-refractivity contribution in [1.82, 2.24) is 0 Å². The topological polar surface area (TPSA) is 66.8 Å². The number of carbonyl (C=O) groups excluding carboxylic acids is 1. The fourth-order valence-electron chi connectivity index (χ4n) is 2.77. The Morgan fingerprint density at radius 1 is 1.11 bits per heavy atom. The van der Waals surface area contributed by atoms with Gasteiger partial charge in [0.15, 0.2) is 0 Å². The molecule has 18 heavy (non-hydrogen) atoms. The maximum atomic E-state index is 11.9. The highest BCUT2D eigenvalue weighted by atomic mass is 16.5. The number of ether oxygens (including phenoxy) is 1. The predicted octanol–water partition coefficient (Wildman–Crippen LogP) is 2.14. The summed E-state index contributed by atoms with van der Waals surface area (Å²) in [5.41, 5.74) is 0. The molecule has 0 aliphatic heterocycles. The second-order valence-corrected chi connectivity index (χ2v) is 5.13. The van der Waals surface area contributed by atoms with Gasteiger partial charge < -0.3 is 14.8 Å². The van der Waals surface area contributed by atoms with Crippen molar-refractivity contribution in [3.8, 4) is 0 Å². The minimum atomic E-state index is -1.42. The van der Waals surface area contributed by atoms with Gasteiger partial charge in [0.2, 0.25) is 0 Å². The van der Waals surface area contributed by atoms with Crippen molar-refractivity contribution in [2.45, 2.75) is 64.1 Å². The van der Waals surface area contributed by atoms with Gasteiger partial charge in [0, 0.05) is 5.82 Å². The second-order valence-electron chi connectivity index (χ2n) is 5.13. The molecule has 2 unspecified atom stereocenters. The maximum absolute atomic E-state index is 11.9. The molecule has 0 bridgehead atoms. The van der Waals surface area contributed by atoms with Crippen LogP contribution in [0.5, 0.6) is 0 Å². The molecule has 0 amide bonds. The number of hydrogen-bond donors (Lipinski definition) is 2. The number of carbonyl (C=O) groups is 1. The third-order valence-corrected chi connectivity index (χ3v) is 3.79. The molecule has 0 aromatic carbocycles. The van der Waals surface area contributed by atoms with E-state index in [0.717, 1.165) is 25.7 Å². The van der Waals surface area contributed by atoms with Crippen molar-refractivity contribution < 1.29 is 19.6 Å². The van der Waals surface area contributed by atoms with Crippen LogP contribution in [-0.2, 0) is 9.53 Å². The van der Waals surface area contributed by atoms with Crippen LogP contribution in [-0.4, -0.2) is 29.7 Å². The number of rotatable bonds is 3. The first-order valence-electron chi connectivity index (χ1n) is 7.19. The van der Waals surface area contributed by atoms with Gasteiger partial charge in [-0.25, -0.2) is 0 Å². The van der Waals surface area contributed by atoms with E-state index in [1.54, 1.807) is 6.92 Å². The molecule has 1 rings (SSSR count). The molecule has 1 aliphatic carbocycles. The van der Waals surface area contributed by atoms with E-state index < -0.39 is 7.12 Å². The van der Waals surface area contributed by atoms with Crippen LogP contribution in [0, 0.1) is 5.92 Å². The molecule has 0 radical (unpaired) electrons. The quantitative estimate of drug-likeness (QED) is 0.599. The van der Waals surface area contributed by atoms with Crippen molar-refractivity contribution in [3.05, 3.63) is 0 Å². The van der Waals surface area contributed by atoms with Crippen LogP contribution in [0.25, 0.3) is 0 Å². The first-order chi connectivity index (χ1) is 8.66. The lowest BCUT2D eigenvalue weighted by Gasteiger charge is -2.26. The molecule has 0 heterocycles. The standard InChI is InChI=1S/C13H25BO4/c1-2-18-13(15)11-9-7-5-3-4-6-8-10-12(11)14(16)17/h11-12,16-17H,2-10H2,1H3. The summed E-state index contributed by atoms with van der Waals surface area (Å²) in [6.07, 6.45) is 7.97. The van der Waals surface area contributed by atoms with Gasteiger partial charge in [-0.05, 0) is 13.3 Å². The Hall–Kier alpha value is -0.545. The average Bonchev–Trinajstić information content (AvgIpc) is 2.35. The lowest BCUT2D eigenvalue weighted by molar-refractivity contribution is -0.148. The molecule has 0 spiro atoms. The molecule has 1 saturated carbocycles. The molecule has 104 valence electrons. The van der Waals surface area contributed by atoms with Crippen LogP contribution in [0.1, 0.15) is 58.3 Å². The summed E-state index contributed by atoms with van der Waals surface area (Å²) in [7, 11) is -1.42. The summed E-state index contributed by atoms with van der Waals surface area (Å²) < 4.78 is 5.07. The minimum Gasteiger partial charge on any atom is -0.466 e. The van der Waals surface area contributed by atoms with Crippen molar-refractivity contribution >= 4 is 13.1 Å². The zero-order chi connectivity index (χ0) is 13.4.